The highest BCUT2D eigenvalue weighted by atomic mass is 16.6. The molecule has 0 aliphatic rings. The third-order valence-electron chi connectivity index (χ3n) is 16.4. The number of nitrogens with zero attached hydrogens (tertiary/aromatic N) is 6. The summed E-state index contributed by atoms with van der Waals surface area (Å²) in [7, 11) is 0. The lowest BCUT2D eigenvalue weighted by molar-refractivity contribution is -0.383. The molecule has 0 N–H and O–H groups in total. The van der Waals surface area contributed by atoms with Crippen LogP contribution in [0.5, 0.6) is 0 Å². The van der Waals surface area contributed by atoms with Gasteiger partial charge in [-0.05, 0) is 81.6 Å². The number of hydrogen-bond acceptors (Lipinski definition) is 8. The van der Waals surface area contributed by atoms with Crippen molar-refractivity contribution in [1.82, 2.24) is 18.8 Å². The Morgan fingerprint density at radius 3 is 1.04 bits per heavy atom. The van der Waals surface area contributed by atoms with Crippen LogP contribution in [0.4, 0.5) is 11.4 Å². The minimum Gasteiger partial charge on any atom is -0.268 e. The van der Waals surface area contributed by atoms with Gasteiger partial charge < -0.3 is 0 Å². The fourth-order valence-electron chi connectivity index (χ4n) is 12.5. The zero-order valence-corrected chi connectivity index (χ0v) is 45.0. The molecule has 0 unspecified atom stereocenters. The average molecular weight is 1040 g/mol. The number of fused-ring (bicyclic) bond motifs is 10. The second-order valence-electron chi connectivity index (χ2n) is 21.7. The molecule has 7 aromatic carbocycles. The molecule has 0 aliphatic heterocycles. The Labute approximate surface area is 452 Å². The number of unbranched alkanes of at least 4 members (excludes halogenated alkanes) is 22. The van der Waals surface area contributed by atoms with Gasteiger partial charge in [-0.3, -0.25) is 38.6 Å². The predicted octanol–water partition coefficient (Wildman–Crippen LogP) is 17.2. The van der Waals surface area contributed by atoms with E-state index in [-0.39, 0.29) is 33.5 Å². The van der Waals surface area contributed by atoms with Crippen LogP contribution < -0.4 is 11.1 Å². The van der Waals surface area contributed by atoms with E-state index in [0.29, 0.717) is 78.6 Å². The van der Waals surface area contributed by atoms with Gasteiger partial charge in [0.1, 0.15) is 11.3 Å². The molecule has 0 bridgehead atoms. The maximum absolute atomic E-state index is 14.8. The summed E-state index contributed by atoms with van der Waals surface area (Å²) in [6, 6.07) is 21.8. The van der Waals surface area contributed by atoms with E-state index in [9.17, 15) is 29.8 Å². The van der Waals surface area contributed by atoms with E-state index >= 15 is 0 Å². The molecule has 0 amide bonds. The van der Waals surface area contributed by atoms with Crippen LogP contribution in [0.1, 0.15) is 179 Å². The normalized spacial score (nSPS) is 12.0. The lowest BCUT2D eigenvalue weighted by atomic mass is 9.86. The van der Waals surface area contributed by atoms with Crippen LogP contribution in [0.2, 0.25) is 0 Å². The highest BCUT2D eigenvalue weighted by molar-refractivity contribution is 6.40. The van der Waals surface area contributed by atoms with Crippen LogP contribution in [0.3, 0.4) is 0 Å². The van der Waals surface area contributed by atoms with Crippen molar-refractivity contribution in [2.24, 2.45) is 0 Å². The summed E-state index contributed by atoms with van der Waals surface area (Å²) < 4.78 is 2.99. The minimum atomic E-state index is -0.452. The molecule has 396 valence electrons. The summed E-state index contributed by atoms with van der Waals surface area (Å²) in [4.78, 5) is 63.8. The molecule has 12 nitrogen and oxygen atoms in total. The number of benzene rings is 7. The van der Waals surface area contributed by atoms with Gasteiger partial charge in [0, 0.05) is 68.4 Å². The Balaban J connectivity index is 0.915. The summed E-state index contributed by atoms with van der Waals surface area (Å²) in [5, 5.41) is 34.1. The van der Waals surface area contributed by atoms with Crippen molar-refractivity contribution in [2.75, 3.05) is 0 Å². The molecule has 78 heavy (non-hydrogen) atoms. The SMILES string of the molecule is CCCCCCCCCCCCCC#Cc1cc([N+](=O)[O-])c2nc3c4ccc5c6ccc7c(=O)n8c9cc(C#CCCCCCCCCCCCCC)cc([N+](=O)[O-])c9nc8c8ccc(c9ccc(c(=O)n3c2c1)c4c95)c6c78. The lowest BCUT2D eigenvalue weighted by Gasteiger charge is -2.18. The number of nitro groups is 2. The van der Waals surface area contributed by atoms with Gasteiger partial charge in [-0.15, -0.1) is 0 Å². The van der Waals surface area contributed by atoms with Gasteiger partial charge >= 0.3 is 0 Å². The van der Waals surface area contributed by atoms with Gasteiger partial charge in [0.15, 0.2) is 11.0 Å². The van der Waals surface area contributed by atoms with Gasteiger partial charge in [-0.2, -0.15) is 0 Å². The molecule has 0 radical (unpaired) electrons. The molecule has 0 atom stereocenters. The van der Waals surface area contributed by atoms with E-state index in [0.717, 1.165) is 58.0 Å². The first kappa shape index (κ1) is 52.1. The molecule has 4 aromatic heterocycles. The summed E-state index contributed by atoms with van der Waals surface area (Å²) in [5.41, 5.74) is 1.44. The zero-order chi connectivity index (χ0) is 53.9. The number of hydrogen-bond donors (Lipinski definition) is 0. The zero-order valence-electron chi connectivity index (χ0n) is 45.0. The van der Waals surface area contributed by atoms with Crippen LogP contribution in [0.15, 0.2) is 82.4 Å². The monoisotopic (exact) mass is 1040 g/mol. The predicted molar refractivity (Wildman–Crippen MR) is 319 cm³/mol. The second kappa shape index (κ2) is 22.9. The van der Waals surface area contributed by atoms with Crippen molar-refractivity contribution in [1.29, 1.82) is 0 Å². The van der Waals surface area contributed by atoms with Crippen molar-refractivity contribution in [3.05, 3.63) is 125 Å². The van der Waals surface area contributed by atoms with E-state index in [1.807, 2.05) is 48.5 Å². The summed E-state index contributed by atoms with van der Waals surface area (Å²) in [5.74, 6) is 12.8. The number of aromatic nitrogens is 4. The first-order valence-electron chi connectivity index (χ1n) is 28.9. The molecule has 4 heterocycles. The third-order valence-corrected chi connectivity index (χ3v) is 16.4. The molecular weight excluding hydrogens is 973 g/mol. The molecule has 0 saturated carbocycles. The van der Waals surface area contributed by atoms with Gasteiger partial charge in [0.05, 0.1) is 20.9 Å². The third kappa shape index (κ3) is 9.65. The fourth-order valence-corrected chi connectivity index (χ4v) is 12.5. The first-order valence-corrected chi connectivity index (χ1v) is 28.9. The highest BCUT2D eigenvalue weighted by Crippen LogP contribution is 2.46. The van der Waals surface area contributed by atoms with Crippen LogP contribution in [0.25, 0.3) is 98.0 Å². The number of nitro benzene ring substituents is 2. The Kier molecular flexibility index (Phi) is 15.3. The van der Waals surface area contributed by atoms with Crippen molar-refractivity contribution in [2.45, 2.75) is 168 Å². The summed E-state index contributed by atoms with van der Waals surface area (Å²) in [6.45, 7) is 4.49. The quantitative estimate of drug-likeness (QED) is 0.0145. The standard InChI is InChI=1S/C66H66N6O6/c1-3-5-7-9-11-13-15-17-19-21-23-25-27-29-43-39-53-61(55(41-43)71(75)76)67-63-49-35-31-45-48-34-38-52-60-50(36-32-46(58(48)60)47-33-37-51(59(49)57(45)47)65(73)69(53)63)64-68-62-54(70(64)66(52)74)40-44(42-56(62)72(77)78)30-28-26-24-22-20-18-16-14-12-10-8-6-4-2/h31-42H,3-26H2,1-2H3. The topological polar surface area (TPSA) is 155 Å². The number of non-ortho nitro benzene ring substituents is 2. The van der Waals surface area contributed by atoms with Crippen LogP contribution in [0, 0.1) is 43.9 Å². The molecule has 0 aliphatic carbocycles. The Bertz CT molecular complexity index is 4040. The maximum Gasteiger partial charge on any atom is 0.298 e. The minimum absolute atomic E-state index is 0.126. The van der Waals surface area contributed by atoms with E-state index in [1.165, 1.54) is 137 Å². The summed E-state index contributed by atoms with van der Waals surface area (Å²) >= 11 is 0. The van der Waals surface area contributed by atoms with Crippen molar-refractivity contribution >= 4 is 109 Å². The van der Waals surface area contributed by atoms with Crippen LogP contribution >= 0.6 is 0 Å². The second-order valence-corrected chi connectivity index (χ2v) is 21.7. The van der Waals surface area contributed by atoms with Gasteiger partial charge in [0.2, 0.25) is 0 Å². The average Bonchev–Trinajstić information content (AvgIpc) is 3.05. The Morgan fingerprint density at radius 2 is 0.705 bits per heavy atom. The van der Waals surface area contributed by atoms with Crippen LogP contribution in [-0.4, -0.2) is 28.6 Å². The smallest absolute Gasteiger partial charge is 0.268 e. The molecule has 0 saturated heterocycles. The molecular formula is C66H66N6O6. The van der Waals surface area contributed by atoms with E-state index in [4.69, 9.17) is 9.97 Å². The van der Waals surface area contributed by atoms with Crippen molar-refractivity contribution < 1.29 is 9.85 Å². The Hall–Kier alpha value is -7.96. The van der Waals surface area contributed by atoms with E-state index in [1.54, 1.807) is 12.1 Å². The van der Waals surface area contributed by atoms with Gasteiger partial charge in [0.25, 0.3) is 22.5 Å². The summed E-state index contributed by atoms with van der Waals surface area (Å²) in [6.07, 6.45) is 28.7. The number of imidazole rings is 2. The first-order chi connectivity index (χ1) is 38.2. The van der Waals surface area contributed by atoms with E-state index < -0.39 is 9.85 Å². The Morgan fingerprint density at radius 1 is 0.410 bits per heavy atom. The highest BCUT2D eigenvalue weighted by Gasteiger charge is 2.27. The van der Waals surface area contributed by atoms with Crippen molar-refractivity contribution in [3.8, 4) is 23.7 Å². The molecule has 11 aromatic rings. The number of rotatable bonds is 24. The van der Waals surface area contributed by atoms with E-state index in [2.05, 4.69) is 37.5 Å². The van der Waals surface area contributed by atoms with Crippen LogP contribution in [-0.2, 0) is 0 Å². The molecule has 11 rings (SSSR count). The maximum atomic E-state index is 14.8. The van der Waals surface area contributed by atoms with Gasteiger partial charge in [-0.25, -0.2) is 9.97 Å². The van der Waals surface area contributed by atoms with Gasteiger partial charge in [-0.1, -0.05) is 190 Å². The molecule has 12 heteroatoms. The fraction of sp³-hybridized carbons (Fsp3) is 0.394. The van der Waals surface area contributed by atoms with Crippen molar-refractivity contribution in [3.63, 3.8) is 0 Å². The lowest BCUT2D eigenvalue weighted by Crippen LogP contribution is -2.14. The number of pyridine rings is 2. The molecule has 0 fully saturated rings. The largest absolute Gasteiger partial charge is 0.298 e. The molecule has 0 spiro atoms.